The van der Waals surface area contributed by atoms with Crippen LogP contribution in [0.1, 0.15) is 21.5 Å². The second-order valence-electron chi connectivity index (χ2n) is 7.35. The van der Waals surface area contributed by atoms with Crippen LogP contribution in [0.15, 0.2) is 91.0 Å². The first-order chi connectivity index (χ1) is 13.8. The van der Waals surface area contributed by atoms with E-state index in [4.69, 9.17) is 5.32 Å². The molecule has 0 aromatic heterocycles. The fraction of sp³-hybridized carbons (Fsp3) is 0.240. The van der Waals surface area contributed by atoms with Gasteiger partial charge in [-0.3, -0.25) is 4.79 Å². The van der Waals surface area contributed by atoms with Crippen molar-refractivity contribution in [3.63, 3.8) is 0 Å². The highest BCUT2D eigenvalue weighted by Gasteiger charge is 2.35. The van der Waals surface area contributed by atoms with E-state index in [1.54, 1.807) is 0 Å². The van der Waals surface area contributed by atoms with Crippen molar-refractivity contribution >= 4 is 5.91 Å². The highest BCUT2D eigenvalue weighted by molar-refractivity contribution is 5.94. The maximum absolute atomic E-state index is 13.5. The Balaban J connectivity index is 1.63. The maximum Gasteiger partial charge on any atom is 0.254 e. The van der Waals surface area contributed by atoms with Crippen LogP contribution >= 0.6 is 0 Å². The molecule has 3 aromatic rings. The van der Waals surface area contributed by atoms with Crippen LogP contribution < -0.4 is 5.32 Å². The second kappa shape index (κ2) is 8.85. The molecule has 3 nitrogen and oxygen atoms in total. The van der Waals surface area contributed by atoms with Crippen molar-refractivity contribution in [2.75, 3.05) is 13.1 Å². The van der Waals surface area contributed by atoms with E-state index >= 15 is 0 Å². The van der Waals surface area contributed by atoms with E-state index in [1.165, 1.54) is 11.1 Å². The zero-order valence-corrected chi connectivity index (χ0v) is 15.9. The SMILES string of the molecule is O=C(c1ccccc1)N1C(Cc2ccccc2)C[N]CC1Cc1ccccc1. The first-order valence-electron chi connectivity index (χ1n) is 9.90. The van der Waals surface area contributed by atoms with Crippen LogP contribution in [-0.2, 0) is 12.8 Å². The van der Waals surface area contributed by atoms with Crippen LogP contribution in [0, 0.1) is 0 Å². The van der Waals surface area contributed by atoms with Crippen LogP contribution in [-0.4, -0.2) is 36.0 Å². The Morgan fingerprint density at radius 1 is 0.714 bits per heavy atom. The number of hydrogen-bond acceptors (Lipinski definition) is 1. The molecule has 1 amide bonds. The molecule has 2 unspecified atom stereocenters. The zero-order valence-electron chi connectivity index (χ0n) is 15.9. The molecular formula is C25H25N2O. The summed E-state index contributed by atoms with van der Waals surface area (Å²) >= 11 is 0. The molecule has 0 saturated carbocycles. The number of carbonyl (C=O) groups excluding carboxylic acids is 1. The normalized spacial score (nSPS) is 19.4. The third-order valence-electron chi connectivity index (χ3n) is 5.35. The molecule has 0 aliphatic carbocycles. The van der Waals surface area contributed by atoms with Crippen molar-refractivity contribution in [2.24, 2.45) is 0 Å². The molecular weight excluding hydrogens is 344 g/mol. The van der Waals surface area contributed by atoms with Gasteiger partial charge in [0.1, 0.15) is 0 Å². The highest BCUT2D eigenvalue weighted by atomic mass is 16.2. The molecule has 1 fully saturated rings. The largest absolute Gasteiger partial charge is 0.329 e. The van der Waals surface area contributed by atoms with Crippen molar-refractivity contribution in [2.45, 2.75) is 24.9 Å². The lowest BCUT2D eigenvalue weighted by Crippen LogP contribution is -2.58. The van der Waals surface area contributed by atoms with Crippen LogP contribution in [0.3, 0.4) is 0 Å². The number of rotatable bonds is 5. The molecule has 3 heteroatoms. The number of amides is 1. The van der Waals surface area contributed by atoms with Gasteiger partial charge in [0, 0.05) is 18.7 Å². The van der Waals surface area contributed by atoms with E-state index in [0.717, 1.165) is 18.4 Å². The molecule has 1 radical (unpaired) electrons. The summed E-state index contributed by atoms with van der Waals surface area (Å²) in [5.74, 6) is 0.109. The van der Waals surface area contributed by atoms with Gasteiger partial charge in [-0.2, -0.15) is 0 Å². The van der Waals surface area contributed by atoms with Crippen molar-refractivity contribution in [1.82, 2.24) is 10.2 Å². The van der Waals surface area contributed by atoms with E-state index < -0.39 is 0 Å². The van der Waals surface area contributed by atoms with Gasteiger partial charge in [0.25, 0.3) is 5.91 Å². The Bertz CT molecular complexity index is 831. The highest BCUT2D eigenvalue weighted by Crippen LogP contribution is 2.22. The maximum atomic E-state index is 13.5. The molecule has 1 heterocycles. The van der Waals surface area contributed by atoms with Gasteiger partial charge < -0.3 is 4.90 Å². The molecule has 0 N–H and O–H groups in total. The van der Waals surface area contributed by atoms with Gasteiger partial charge in [-0.05, 0) is 36.1 Å². The molecule has 1 aliphatic rings. The molecule has 28 heavy (non-hydrogen) atoms. The summed E-state index contributed by atoms with van der Waals surface area (Å²) in [5.41, 5.74) is 3.24. The van der Waals surface area contributed by atoms with Crippen LogP contribution in [0.5, 0.6) is 0 Å². The molecule has 0 spiro atoms. The molecule has 2 atom stereocenters. The Kier molecular flexibility index (Phi) is 5.83. The van der Waals surface area contributed by atoms with E-state index in [-0.39, 0.29) is 18.0 Å². The summed E-state index contributed by atoms with van der Waals surface area (Å²) in [7, 11) is 0. The number of piperazine rings is 1. The van der Waals surface area contributed by atoms with Gasteiger partial charge in [0.15, 0.2) is 0 Å². The topological polar surface area (TPSA) is 34.4 Å². The lowest BCUT2D eigenvalue weighted by molar-refractivity contribution is 0.0484. The molecule has 0 bridgehead atoms. The lowest BCUT2D eigenvalue weighted by atomic mass is 9.95. The molecule has 141 valence electrons. The summed E-state index contributed by atoms with van der Waals surface area (Å²) in [4.78, 5) is 15.6. The van der Waals surface area contributed by atoms with Gasteiger partial charge in [0.05, 0.1) is 12.1 Å². The number of carbonyl (C=O) groups is 1. The summed E-state index contributed by atoms with van der Waals surface area (Å²) in [6.45, 7) is 1.39. The minimum Gasteiger partial charge on any atom is -0.329 e. The molecule has 1 saturated heterocycles. The van der Waals surface area contributed by atoms with Crippen LogP contribution in [0.4, 0.5) is 0 Å². The predicted octanol–water partition coefficient (Wildman–Crippen LogP) is 3.97. The predicted molar refractivity (Wildman–Crippen MR) is 112 cm³/mol. The van der Waals surface area contributed by atoms with Crippen LogP contribution in [0.25, 0.3) is 0 Å². The van der Waals surface area contributed by atoms with Crippen molar-refractivity contribution < 1.29 is 4.79 Å². The van der Waals surface area contributed by atoms with Gasteiger partial charge in [-0.1, -0.05) is 78.9 Å². The van der Waals surface area contributed by atoms with Crippen molar-refractivity contribution in [3.05, 3.63) is 108 Å². The zero-order chi connectivity index (χ0) is 19.2. The summed E-state index contributed by atoms with van der Waals surface area (Å²) in [6.07, 6.45) is 1.66. The van der Waals surface area contributed by atoms with E-state index in [2.05, 4.69) is 53.4 Å². The first-order valence-corrected chi connectivity index (χ1v) is 9.90. The fourth-order valence-corrected chi connectivity index (χ4v) is 4.01. The van der Waals surface area contributed by atoms with Crippen molar-refractivity contribution in [1.29, 1.82) is 0 Å². The standard InChI is InChI=1S/C25H25N2O/c28-25(22-14-8-3-9-15-22)27-23(16-20-10-4-1-5-11-20)18-26-19-24(27)17-21-12-6-2-7-13-21/h1-15,23-24H,16-19H2. The first kappa shape index (κ1) is 18.5. The molecule has 4 rings (SSSR count). The summed E-state index contributed by atoms with van der Waals surface area (Å²) < 4.78 is 0. The quantitative estimate of drug-likeness (QED) is 0.670. The fourth-order valence-electron chi connectivity index (χ4n) is 4.01. The lowest BCUT2D eigenvalue weighted by Gasteiger charge is -2.42. The second-order valence-corrected chi connectivity index (χ2v) is 7.35. The Labute approximate surface area is 167 Å². The van der Waals surface area contributed by atoms with Crippen LogP contribution in [0.2, 0.25) is 0 Å². The third-order valence-corrected chi connectivity index (χ3v) is 5.35. The minimum absolute atomic E-state index is 0.0811. The minimum atomic E-state index is 0.0811. The van der Waals surface area contributed by atoms with Gasteiger partial charge in [-0.15, -0.1) is 0 Å². The van der Waals surface area contributed by atoms with Gasteiger partial charge in [-0.25, -0.2) is 5.32 Å². The molecule has 1 aliphatic heterocycles. The van der Waals surface area contributed by atoms with E-state index in [9.17, 15) is 4.79 Å². The third kappa shape index (κ3) is 4.32. The van der Waals surface area contributed by atoms with E-state index in [1.807, 2.05) is 42.5 Å². The monoisotopic (exact) mass is 369 g/mol. The Hall–Kier alpha value is -2.91. The summed E-state index contributed by atoms with van der Waals surface area (Å²) in [6, 6.07) is 30.6. The average molecular weight is 369 g/mol. The number of hydrogen-bond donors (Lipinski definition) is 0. The number of nitrogens with zero attached hydrogens (tertiary/aromatic N) is 2. The Morgan fingerprint density at radius 3 is 1.61 bits per heavy atom. The summed E-state index contributed by atoms with van der Waals surface area (Å²) in [5, 5.41) is 4.76. The van der Waals surface area contributed by atoms with E-state index in [0.29, 0.717) is 13.1 Å². The van der Waals surface area contributed by atoms with Gasteiger partial charge in [0.2, 0.25) is 0 Å². The smallest absolute Gasteiger partial charge is 0.254 e. The molecule has 3 aromatic carbocycles. The Morgan fingerprint density at radius 2 is 1.14 bits per heavy atom. The van der Waals surface area contributed by atoms with Crippen molar-refractivity contribution in [3.8, 4) is 0 Å². The number of benzene rings is 3. The van der Waals surface area contributed by atoms with Gasteiger partial charge >= 0.3 is 0 Å². The average Bonchev–Trinajstić information content (AvgIpc) is 2.76.